The zero-order valence-corrected chi connectivity index (χ0v) is 14.2. The molecule has 1 N–H and O–H groups in total. The molecule has 1 amide bonds. The molecule has 1 aromatic carbocycles. The summed E-state index contributed by atoms with van der Waals surface area (Å²) in [7, 11) is -2.81. The van der Waals surface area contributed by atoms with E-state index in [-0.39, 0.29) is 23.6 Å². The Morgan fingerprint density at radius 1 is 1.35 bits per heavy atom. The lowest BCUT2D eigenvalue weighted by atomic mass is 10.00. The van der Waals surface area contributed by atoms with Gasteiger partial charge in [0, 0.05) is 12.5 Å². The first-order chi connectivity index (χ1) is 10.9. The van der Waals surface area contributed by atoms with Gasteiger partial charge in [-0.25, -0.2) is 12.8 Å². The Balaban J connectivity index is 1.65. The van der Waals surface area contributed by atoms with E-state index in [2.05, 4.69) is 5.32 Å². The number of amides is 1. The predicted octanol–water partition coefficient (Wildman–Crippen LogP) is 2.34. The SMILES string of the molecule is CC(Cc1ccc(F)cc1)C(=O)NCCCC1CCS(=O)(=O)C1. The molecule has 1 fully saturated rings. The van der Waals surface area contributed by atoms with Crippen molar-refractivity contribution in [1.29, 1.82) is 0 Å². The fourth-order valence-electron chi connectivity index (χ4n) is 2.94. The van der Waals surface area contributed by atoms with Gasteiger partial charge in [0.1, 0.15) is 5.82 Å². The van der Waals surface area contributed by atoms with Gasteiger partial charge in [-0.05, 0) is 49.3 Å². The summed E-state index contributed by atoms with van der Waals surface area (Å²) in [4.78, 5) is 12.0. The van der Waals surface area contributed by atoms with Crippen LogP contribution in [0, 0.1) is 17.7 Å². The van der Waals surface area contributed by atoms with Gasteiger partial charge in [0.15, 0.2) is 9.84 Å². The summed E-state index contributed by atoms with van der Waals surface area (Å²) in [5.74, 6) is 0.370. The summed E-state index contributed by atoms with van der Waals surface area (Å²) >= 11 is 0. The summed E-state index contributed by atoms with van der Waals surface area (Å²) < 4.78 is 35.6. The molecule has 1 aliphatic rings. The Labute approximate surface area is 137 Å². The molecule has 1 saturated heterocycles. The Hall–Kier alpha value is -1.43. The zero-order chi connectivity index (χ0) is 16.9. The topological polar surface area (TPSA) is 63.2 Å². The minimum Gasteiger partial charge on any atom is -0.356 e. The molecule has 4 nitrogen and oxygen atoms in total. The molecule has 0 bridgehead atoms. The fraction of sp³-hybridized carbons (Fsp3) is 0.588. The summed E-state index contributed by atoms with van der Waals surface area (Å²) in [6.45, 7) is 2.42. The maximum atomic E-state index is 12.8. The smallest absolute Gasteiger partial charge is 0.223 e. The van der Waals surface area contributed by atoms with E-state index in [1.165, 1.54) is 12.1 Å². The predicted molar refractivity (Wildman–Crippen MR) is 88.3 cm³/mol. The third kappa shape index (κ3) is 5.94. The van der Waals surface area contributed by atoms with Crippen LogP contribution in [-0.4, -0.2) is 32.4 Å². The highest BCUT2D eigenvalue weighted by Gasteiger charge is 2.27. The molecular weight excluding hydrogens is 317 g/mol. The first-order valence-electron chi connectivity index (χ1n) is 8.08. The van der Waals surface area contributed by atoms with Crippen LogP contribution in [0.15, 0.2) is 24.3 Å². The number of rotatable bonds is 7. The van der Waals surface area contributed by atoms with E-state index >= 15 is 0 Å². The minimum absolute atomic E-state index is 0.0200. The highest BCUT2D eigenvalue weighted by Crippen LogP contribution is 2.22. The molecule has 1 aliphatic heterocycles. The molecule has 128 valence electrons. The lowest BCUT2D eigenvalue weighted by molar-refractivity contribution is -0.124. The van der Waals surface area contributed by atoms with Crippen molar-refractivity contribution in [3.05, 3.63) is 35.6 Å². The van der Waals surface area contributed by atoms with Crippen molar-refractivity contribution in [2.75, 3.05) is 18.1 Å². The van der Waals surface area contributed by atoms with Crippen LogP contribution in [0.1, 0.15) is 31.7 Å². The normalized spacial score (nSPS) is 21.0. The number of nitrogens with one attached hydrogen (secondary N) is 1. The van der Waals surface area contributed by atoms with Crippen molar-refractivity contribution in [2.24, 2.45) is 11.8 Å². The molecule has 23 heavy (non-hydrogen) atoms. The van der Waals surface area contributed by atoms with E-state index in [1.807, 2.05) is 6.92 Å². The van der Waals surface area contributed by atoms with E-state index in [1.54, 1.807) is 12.1 Å². The van der Waals surface area contributed by atoms with E-state index in [4.69, 9.17) is 0 Å². The van der Waals surface area contributed by atoms with Crippen LogP contribution in [0.25, 0.3) is 0 Å². The summed E-state index contributed by atoms with van der Waals surface area (Å²) in [5, 5.41) is 2.90. The van der Waals surface area contributed by atoms with Crippen molar-refractivity contribution in [2.45, 2.75) is 32.6 Å². The molecule has 2 atom stereocenters. The van der Waals surface area contributed by atoms with Crippen molar-refractivity contribution < 1.29 is 17.6 Å². The van der Waals surface area contributed by atoms with E-state index in [0.29, 0.717) is 24.5 Å². The van der Waals surface area contributed by atoms with Crippen molar-refractivity contribution in [1.82, 2.24) is 5.32 Å². The van der Waals surface area contributed by atoms with Crippen molar-refractivity contribution in [3.63, 3.8) is 0 Å². The highest BCUT2D eigenvalue weighted by molar-refractivity contribution is 7.91. The number of halogens is 1. The second-order valence-corrected chi connectivity index (χ2v) is 8.66. The molecule has 0 aliphatic carbocycles. The van der Waals surface area contributed by atoms with Gasteiger partial charge in [0.25, 0.3) is 0 Å². The Bertz CT molecular complexity index is 628. The quantitative estimate of drug-likeness (QED) is 0.774. The zero-order valence-electron chi connectivity index (χ0n) is 13.4. The van der Waals surface area contributed by atoms with E-state index < -0.39 is 9.84 Å². The molecule has 1 aromatic rings. The Kier molecular flexibility index (Phi) is 6.16. The standard InChI is InChI=1S/C17H24FNO3S/c1-13(11-14-4-6-16(18)7-5-14)17(20)19-9-2-3-15-8-10-23(21,22)12-15/h4-7,13,15H,2-3,8-12H2,1H3,(H,19,20). The number of sulfone groups is 1. The van der Waals surface area contributed by atoms with Crippen LogP contribution >= 0.6 is 0 Å². The van der Waals surface area contributed by atoms with Crippen LogP contribution in [0.5, 0.6) is 0 Å². The van der Waals surface area contributed by atoms with Gasteiger partial charge in [0.05, 0.1) is 11.5 Å². The van der Waals surface area contributed by atoms with Gasteiger partial charge >= 0.3 is 0 Å². The minimum atomic E-state index is -2.81. The third-order valence-corrected chi connectivity index (χ3v) is 6.15. The molecular formula is C17H24FNO3S. The highest BCUT2D eigenvalue weighted by atomic mass is 32.2. The molecule has 0 aromatic heterocycles. The molecule has 1 heterocycles. The number of hydrogen-bond acceptors (Lipinski definition) is 3. The third-order valence-electron chi connectivity index (χ3n) is 4.32. The van der Waals surface area contributed by atoms with Gasteiger partial charge < -0.3 is 5.32 Å². The van der Waals surface area contributed by atoms with Gasteiger partial charge in [0.2, 0.25) is 5.91 Å². The van der Waals surface area contributed by atoms with Crippen LogP contribution < -0.4 is 5.32 Å². The van der Waals surface area contributed by atoms with Crippen LogP contribution in [0.4, 0.5) is 4.39 Å². The first kappa shape index (κ1) is 17.9. The molecule has 2 rings (SSSR count). The summed E-state index contributed by atoms with van der Waals surface area (Å²) in [5.41, 5.74) is 0.935. The second-order valence-electron chi connectivity index (χ2n) is 6.43. The van der Waals surface area contributed by atoms with Crippen LogP contribution in [-0.2, 0) is 21.1 Å². The molecule has 0 spiro atoms. The van der Waals surface area contributed by atoms with Crippen molar-refractivity contribution >= 4 is 15.7 Å². The lowest BCUT2D eigenvalue weighted by Crippen LogP contribution is -2.31. The van der Waals surface area contributed by atoms with Crippen LogP contribution in [0.3, 0.4) is 0 Å². The average Bonchev–Trinajstić information content (AvgIpc) is 2.85. The summed E-state index contributed by atoms with van der Waals surface area (Å²) in [6, 6.07) is 6.19. The Morgan fingerprint density at radius 3 is 2.65 bits per heavy atom. The van der Waals surface area contributed by atoms with Gasteiger partial charge in [-0.15, -0.1) is 0 Å². The monoisotopic (exact) mass is 341 g/mol. The molecule has 0 radical (unpaired) electrons. The average molecular weight is 341 g/mol. The number of carbonyl (C=O) groups is 1. The van der Waals surface area contributed by atoms with E-state index in [0.717, 1.165) is 24.8 Å². The van der Waals surface area contributed by atoms with Gasteiger partial charge in [-0.3, -0.25) is 4.79 Å². The number of benzene rings is 1. The van der Waals surface area contributed by atoms with Crippen molar-refractivity contribution in [3.8, 4) is 0 Å². The fourth-order valence-corrected chi connectivity index (χ4v) is 4.85. The lowest BCUT2D eigenvalue weighted by Gasteiger charge is -2.13. The molecule has 6 heteroatoms. The molecule has 2 unspecified atom stereocenters. The maximum Gasteiger partial charge on any atom is 0.223 e. The first-order valence-corrected chi connectivity index (χ1v) is 9.90. The maximum absolute atomic E-state index is 12.8. The van der Waals surface area contributed by atoms with Crippen LogP contribution in [0.2, 0.25) is 0 Å². The Morgan fingerprint density at radius 2 is 2.04 bits per heavy atom. The summed E-state index contributed by atoms with van der Waals surface area (Å²) in [6.07, 6.45) is 2.96. The molecule has 0 saturated carbocycles. The number of carbonyl (C=O) groups excluding carboxylic acids is 1. The second kappa shape index (κ2) is 7.90. The largest absolute Gasteiger partial charge is 0.356 e. The van der Waals surface area contributed by atoms with Gasteiger partial charge in [-0.2, -0.15) is 0 Å². The number of hydrogen-bond donors (Lipinski definition) is 1. The van der Waals surface area contributed by atoms with E-state index in [9.17, 15) is 17.6 Å². The van der Waals surface area contributed by atoms with Gasteiger partial charge in [-0.1, -0.05) is 19.1 Å².